The molecule has 4 aromatic carbocycles. The van der Waals surface area contributed by atoms with Gasteiger partial charge >= 0.3 is 44.8 Å². The van der Waals surface area contributed by atoms with E-state index in [9.17, 15) is 0 Å². The predicted molar refractivity (Wildman–Crippen MR) is 267 cm³/mol. The number of fused-ring (bicyclic) bond motifs is 6. The Morgan fingerprint density at radius 1 is 0.516 bits per heavy atom. The molecule has 0 saturated heterocycles. The molecule has 0 heterocycles. The second-order valence-corrected chi connectivity index (χ2v) is 25.5. The molecule has 9 rings (SSSR count). The van der Waals surface area contributed by atoms with Gasteiger partial charge in [0.15, 0.2) is 0 Å². The van der Waals surface area contributed by atoms with Crippen LogP contribution in [0, 0.1) is 24.7 Å². The van der Waals surface area contributed by atoms with E-state index in [0.29, 0.717) is 0 Å². The molecule has 0 radical (unpaired) electrons. The number of hydrogen-bond donors (Lipinski definition) is 0. The van der Waals surface area contributed by atoms with Gasteiger partial charge < -0.3 is 12.8 Å². The quantitative estimate of drug-likeness (QED) is 0.0377. The molecule has 0 spiro atoms. The topological polar surface area (TPSA) is 0 Å². The van der Waals surface area contributed by atoms with Gasteiger partial charge in [-0.3, -0.25) is 11.8 Å². The largest absolute Gasteiger partial charge is 1.00 e. The molecule has 62 heavy (non-hydrogen) atoms. The first-order chi connectivity index (χ1) is 29.6. The number of hydrogen-bond acceptors (Lipinski definition) is 0. The average Bonchev–Trinajstić information content (AvgIpc) is 3.88. The Bertz CT molecular complexity index is 1870. The third kappa shape index (κ3) is 13.7. The van der Waals surface area contributed by atoms with Crippen molar-refractivity contribution in [3.05, 3.63) is 131 Å². The molecule has 0 nitrogen and oxygen atoms in total. The fraction of sp³-hybridized carbons (Fsp3) is 0.517. The van der Waals surface area contributed by atoms with Crippen LogP contribution in [0.3, 0.4) is 0 Å². The van der Waals surface area contributed by atoms with E-state index >= 15 is 0 Å². The maximum atomic E-state index is 7.12. The molecule has 0 amide bonds. The molecule has 5 aliphatic rings. The van der Waals surface area contributed by atoms with Crippen LogP contribution in [0.4, 0.5) is 0 Å². The molecule has 2 unspecified atom stereocenters. The van der Waals surface area contributed by atoms with Crippen LogP contribution in [0.5, 0.6) is 0 Å². The first-order valence-corrected chi connectivity index (χ1v) is 28.3. The molecule has 4 aromatic rings. The van der Waals surface area contributed by atoms with E-state index in [1.807, 2.05) is 12.1 Å². The van der Waals surface area contributed by atoms with Gasteiger partial charge in [0.1, 0.15) is 0 Å². The van der Waals surface area contributed by atoms with Crippen molar-refractivity contribution in [2.75, 3.05) is 12.3 Å². The van der Waals surface area contributed by atoms with E-state index in [1.165, 1.54) is 80.7 Å². The Hall–Kier alpha value is -1.66. The second-order valence-electron chi connectivity index (χ2n) is 18.9. The third-order valence-corrected chi connectivity index (χ3v) is 23.6. The summed E-state index contributed by atoms with van der Waals surface area (Å²) in [6.07, 6.45) is 50.9. The summed E-state index contributed by atoms with van der Waals surface area (Å²) in [7, 11) is -0.224. The van der Waals surface area contributed by atoms with E-state index in [2.05, 4.69) is 98.5 Å². The summed E-state index contributed by atoms with van der Waals surface area (Å²) in [5.41, 5.74) is 17.1. The minimum atomic E-state index is -0.132. The van der Waals surface area contributed by atoms with Gasteiger partial charge in [0, 0.05) is 15.8 Å². The molecule has 336 valence electrons. The number of rotatable bonds is 12. The first-order valence-electron chi connectivity index (χ1n) is 24.6. The van der Waals surface area contributed by atoms with Crippen molar-refractivity contribution in [3.8, 4) is 34.1 Å². The van der Waals surface area contributed by atoms with Gasteiger partial charge in [-0.15, -0.1) is 35.4 Å². The zero-order valence-corrected chi connectivity index (χ0v) is 44.3. The number of unbranched alkanes of at least 4 members (excludes halogenated alkanes) is 1. The fourth-order valence-electron chi connectivity index (χ4n) is 12.0. The SMILES string of the molecule is CCCC(CC)[PH+](CCCC[PH+](C1CCCCC1)C1CCCCC1)C1CCCCC1.[Au+].[Au+].[C-]#Cc1ccc2c(c1)Cc1ccccc1-2.[C-]#Cc1ccc2c(c1)Cc1ccccc1-2. The minimum Gasteiger partial charge on any atom is -0.366 e. The van der Waals surface area contributed by atoms with E-state index < -0.39 is 0 Å². The molecule has 5 aliphatic carbocycles. The third-order valence-electron chi connectivity index (χ3n) is 15.1. The zero-order valence-electron chi connectivity index (χ0n) is 38.0. The number of benzene rings is 4. The van der Waals surface area contributed by atoms with Crippen LogP contribution in [-0.4, -0.2) is 35.0 Å². The molecule has 0 bridgehead atoms. The maximum absolute atomic E-state index is 7.12. The normalized spacial score (nSPS) is 17.7. The van der Waals surface area contributed by atoms with Crippen molar-refractivity contribution in [2.24, 2.45) is 0 Å². The zero-order chi connectivity index (χ0) is 41.5. The summed E-state index contributed by atoms with van der Waals surface area (Å²) >= 11 is 0. The van der Waals surface area contributed by atoms with Gasteiger partial charge in [-0.25, -0.2) is 0 Å². The van der Waals surface area contributed by atoms with Crippen LogP contribution in [-0.2, 0) is 57.6 Å². The Morgan fingerprint density at radius 3 is 1.37 bits per heavy atom. The Balaban J connectivity index is 0.000000190. The summed E-state index contributed by atoms with van der Waals surface area (Å²) < 4.78 is 0. The van der Waals surface area contributed by atoms with E-state index in [0.717, 1.165) is 29.6 Å². The van der Waals surface area contributed by atoms with Crippen LogP contribution in [0.2, 0.25) is 0 Å². The van der Waals surface area contributed by atoms with E-state index in [4.69, 9.17) is 12.8 Å². The van der Waals surface area contributed by atoms with Crippen molar-refractivity contribution in [1.82, 2.24) is 0 Å². The van der Waals surface area contributed by atoms with Crippen LogP contribution in [0.1, 0.15) is 176 Å². The fourth-order valence-corrected chi connectivity index (χ4v) is 20.9. The van der Waals surface area contributed by atoms with E-state index in [1.54, 1.807) is 121 Å². The monoisotopic (exact) mass is 1230 g/mol. The molecular weight excluding hydrogens is 1150 g/mol. The molecule has 0 aliphatic heterocycles. The summed E-state index contributed by atoms with van der Waals surface area (Å²) in [6.45, 7) is 4.95. The smallest absolute Gasteiger partial charge is 0.366 e. The van der Waals surface area contributed by atoms with Crippen molar-refractivity contribution in [3.63, 3.8) is 0 Å². The summed E-state index contributed by atoms with van der Waals surface area (Å²) in [5, 5.41) is 0. The minimum absolute atomic E-state index is 0. The van der Waals surface area contributed by atoms with E-state index in [-0.39, 0.29) is 60.6 Å². The van der Waals surface area contributed by atoms with Crippen molar-refractivity contribution < 1.29 is 44.8 Å². The van der Waals surface area contributed by atoms with Gasteiger partial charge in [0.25, 0.3) is 0 Å². The van der Waals surface area contributed by atoms with Crippen molar-refractivity contribution in [2.45, 2.75) is 178 Å². The predicted octanol–water partition coefficient (Wildman–Crippen LogP) is 16.2. The van der Waals surface area contributed by atoms with Crippen molar-refractivity contribution in [1.29, 1.82) is 0 Å². The van der Waals surface area contributed by atoms with Gasteiger partial charge in [0.05, 0.1) is 35.0 Å². The molecule has 4 heteroatoms. The molecule has 3 saturated carbocycles. The van der Waals surface area contributed by atoms with Crippen LogP contribution >= 0.6 is 15.8 Å². The molecule has 2 atom stereocenters. The molecule has 3 fully saturated rings. The standard InChI is InChI=1S/C28H54P2.2C15H9.2Au/c1-3-16-25(4-2)29(26-17-8-5-9-18-26)23-14-15-24-30(27-19-10-6-11-20-27)28-21-12-7-13-22-28;2*1-2-11-7-8-15-13(9-11)10-12-5-3-4-6-14(12)15;;/h25-28H,3-24H2,1-2H3;2*3-9H,10H2;;/q;2*-1;2*+1/p+2. The van der Waals surface area contributed by atoms with Crippen LogP contribution in [0.25, 0.3) is 22.3 Å². The Kier molecular flexibility index (Phi) is 22.4. The van der Waals surface area contributed by atoms with Gasteiger partial charge in [-0.1, -0.05) is 111 Å². The Labute approximate surface area is 412 Å². The molecule has 0 N–H and O–H groups in total. The Morgan fingerprint density at radius 2 is 0.935 bits per heavy atom. The maximum Gasteiger partial charge on any atom is 1.00 e. The first kappa shape index (κ1) is 51.3. The van der Waals surface area contributed by atoms with Gasteiger partial charge in [-0.2, -0.15) is 0 Å². The molecular formula is C58H74Au2P2+2. The summed E-state index contributed by atoms with van der Waals surface area (Å²) in [6, 6.07) is 29.2. The van der Waals surface area contributed by atoms with Crippen molar-refractivity contribution >= 4 is 15.8 Å². The van der Waals surface area contributed by atoms with Crippen LogP contribution in [0.15, 0.2) is 84.9 Å². The van der Waals surface area contributed by atoms with Gasteiger partial charge in [0.2, 0.25) is 0 Å². The molecule has 0 aromatic heterocycles. The average molecular weight is 1230 g/mol. The summed E-state index contributed by atoms with van der Waals surface area (Å²) in [5.74, 6) is 4.87. The van der Waals surface area contributed by atoms with Gasteiger partial charge in [-0.05, 0) is 149 Å². The summed E-state index contributed by atoms with van der Waals surface area (Å²) in [4.78, 5) is 0. The van der Waals surface area contributed by atoms with Crippen LogP contribution < -0.4 is 0 Å². The second kappa shape index (κ2) is 27.1.